The smallest absolute Gasteiger partial charge is 0.414 e. The van der Waals surface area contributed by atoms with Gasteiger partial charge in [-0.25, -0.2) is 9.78 Å². The monoisotopic (exact) mass is 536 g/mol. The zero-order valence-corrected chi connectivity index (χ0v) is 21.6. The minimum atomic E-state index is -0.512. The molecule has 3 aliphatic rings. The predicted molar refractivity (Wildman–Crippen MR) is 144 cm³/mol. The Morgan fingerprint density at radius 2 is 2.08 bits per heavy atom. The van der Waals surface area contributed by atoms with Crippen LogP contribution in [0.4, 0.5) is 21.9 Å². The zero-order valence-electron chi connectivity index (χ0n) is 20.8. The molecule has 6 rings (SSSR count). The molecule has 0 aliphatic carbocycles. The van der Waals surface area contributed by atoms with Crippen LogP contribution in [0.25, 0.3) is 11.0 Å². The van der Waals surface area contributed by atoms with Crippen LogP contribution in [-0.4, -0.2) is 84.9 Å². The van der Waals surface area contributed by atoms with Gasteiger partial charge in [0.2, 0.25) is 11.8 Å². The zero-order chi connectivity index (χ0) is 26.2. The number of nitrogens with one attached hydrogen (secondary N) is 2. The molecule has 0 spiro atoms. The molecular weight excluding hydrogens is 508 g/mol. The van der Waals surface area contributed by atoms with Gasteiger partial charge in [0, 0.05) is 54.9 Å². The minimum absolute atomic E-state index is 0.00112. The van der Waals surface area contributed by atoms with Gasteiger partial charge in [-0.3, -0.25) is 14.7 Å². The number of benzene rings is 1. The van der Waals surface area contributed by atoms with E-state index in [4.69, 9.17) is 9.47 Å². The molecule has 0 bridgehead atoms. The number of methoxy groups -OCH3 is 1. The number of carbonyl (C=O) groups excluding carboxylic acids is 2. The molecule has 3 N–H and O–H groups in total. The highest BCUT2D eigenvalue weighted by Gasteiger charge is 2.35. The van der Waals surface area contributed by atoms with Crippen molar-refractivity contribution in [2.75, 3.05) is 60.7 Å². The molecule has 198 valence electrons. The second-order valence-electron chi connectivity index (χ2n) is 9.58. The van der Waals surface area contributed by atoms with Crippen LogP contribution in [0, 0.1) is 5.92 Å². The van der Waals surface area contributed by atoms with Crippen molar-refractivity contribution in [2.24, 2.45) is 5.92 Å². The van der Waals surface area contributed by atoms with Crippen molar-refractivity contribution < 1.29 is 24.2 Å². The van der Waals surface area contributed by atoms with Gasteiger partial charge in [0.25, 0.3) is 0 Å². The molecule has 0 saturated carbocycles. The summed E-state index contributed by atoms with van der Waals surface area (Å²) in [5.41, 5.74) is 3.83. The van der Waals surface area contributed by atoms with Crippen molar-refractivity contribution in [3.8, 4) is 5.88 Å². The molecule has 0 radical (unpaired) electrons. The Hall–Kier alpha value is -3.61. The molecule has 11 nitrogen and oxygen atoms in total. The van der Waals surface area contributed by atoms with Gasteiger partial charge in [-0.15, -0.1) is 11.8 Å². The fourth-order valence-corrected chi connectivity index (χ4v) is 5.91. The quantitative estimate of drug-likeness (QED) is 0.413. The lowest BCUT2D eigenvalue weighted by molar-refractivity contribution is -0.113. The number of pyridine rings is 2. The number of ether oxygens (including phenoxy) is 2. The van der Waals surface area contributed by atoms with Gasteiger partial charge in [0.15, 0.2) is 0 Å². The Morgan fingerprint density at radius 1 is 1.18 bits per heavy atom. The lowest BCUT2D eigenvalue weighted by Crippen LogP contribution is -2.36. The van der Waals surface area contributed by atoms with E-state index in [1.54, 1.807) is 24.3 Å². The first-order valence-corrected chi connectivity index (χ1v) is 13.5. The van der Waals surface area contributed by atoms with Crippen LogP contribution in [0.3, 0.4) is 0 Å². The summed E-state index contributed by atoms with van der Waals surface area (Å²) < 4.78 is 10.9. The summed E-state index contributed by atoms with van der Waals surface area (Å²) in [5.74, 6) is 0.860. The van der Waals surface area contributed by atoms with Crippen LogP contribution in [0.15, 0.2) is 47.5 Å². The van der Waals surface area contributed by atoms with Crippen molar-refractivity contribution in [2.45, 2.75) is 17.1 Å². The number of hydrogen-bond donors (Lipinski definition) is 3. The van der Waals surface area contributed by atoms with Crippen LogP contribution in [-0.2, 0) is 9.53 Å². The van der Waals surface area contributed by atoms with Gasteiger partial charge in [-0.2, -0.15) is 0 Å². The number of fused-ring (bicyclic) bond motifs is 2. The number of aliphatic hydroxyl groups is 1. The number of rotatable bonds is 7. The molecule has 12 heteroatoms. The average Bonchev–Trinajstić information content (AvgIpc) is 3.49. The number of aromatic nitrogens is 2. The summed E-state index contributed by atoms with van der Waals surface area (Å²) in [6, 6.07) is 11.2. The van der Waals surface area contributed by atoms with Crippen LogP contribution >= 0.6 is 11.8 Å². The highest BCUT2D eigenvalue weighted by atomic mass is 32.2. The summed E-state index contributed by atoms with van der Waals surface area (Å²) in [7, 11) is 1.58. The van der Waals surface area contributed by atoms with Gasteiger partial charge in [-0.05, 0) is 30.3 Å². The number of hydrogen-bond acceptors (Lipinski definition) is 10. The molecule has 2 fully saturated rings. The molecule has 2 amide bonds. The van der Waals surface area contributed by atoms with E-state index in [-0.39, 0.29) is 17.9 Å². The van der Waals surface area contributed by atoms with Crippen molar-refractivity contribution in [1.82, 2.24) is 15.3 Å². The van der Waals surface area contributed by atoms with E-state index in [1.165, 1.54) is 11.8 Å². The first-order chi connectivity index (χ1) is 18.5. The number of amides is 2. The molecule has 38 heavy (non-hydrogen) atoms. The van der Waals surface area contributed by atoms with E-state index in [1.807, 2.05) is 30.3 Å². The van der Waals surface area contributed by atoms with E-state index in [9.17, 15) is 14.7 Å². The number of thioether (sulfide) groups is 1. The Kier molecular flexibility index (Phi) is 6.68. The minimum Gasteiger partial charge on any atom is -0.481 e. The third kappa shape index (κ3) is 4.82. The Labute approximate surface area is 223 Å². The van der Waals surface area contributed by atoms with E-state index < -0.39 is 12.2 Å². The molecule has 2 saturated heterocycles. The van der Waals surface area contributed by atoms with Gasteiger partial charge in [-0.1, -0.05) is 0 Å². The molecule has 2 unspecified atom stereocenters. The number of carbonyl (C=O) groups is 2. The van der Waals surface area contributed by atoms with E-state index in [2.05, 4.69) is 25.5 Å². The van der Waals surface area contributed by atoms with Crippen molar-refractivity contribution in [3.63, 3.8) is 0 Å². The predicted octanol–water partition coefficient (Wildman–Crippen LogP) is 2.09. The molecule has 2 aromatic heterocycles. The second kappa shape index (κ2) is 10.3. The fourth-order valence-electron chi connectivity index (χ4n) is 5.12. The normalized spacial score (nSPS) is 22.9. The van der Waals surface area contributed by atoms with Crippen molar-refractivity contribution in [3.05, 3.63) is 42.6 Å². The maximum Gasteiger partial charge on any atom is 0.414 e. The lowest BCUT2D eigenvalue weighted by atomic mass is 10.1. The molecule has 3 atom stereocenters. The first kappa shape index (κ1) is 24.7. The number of anilines is 3. The highest BCUT2D eigenvalue weighted by molar-refractivity contribution is 8.00. The van der Waals surface area contributed by atoms with E-state index in [0.717, 1.165) is 21.6 Å². The topological polar surface area (TPSA) is 129 Å². The van der Waals surface area contributed by atoms with Gasteiger partial charge in [0.1, 0.15) is 11.6 Å². The SMILES string of the molecule is COc1ccc2nccc(N3CC(O)C(CNC[C@@H]4CN(c5ccc6c(c5)NC(=O)CS6)C(=O)O4)C3)c2n1. The standard InChI is InChI=1S/C26H28N6O5S/c1-36-24-5-3-18-25(30-24)20(6-7-28-18)31-11-15(21(33)13-31)9-27-10-17-12-32(26(35)37-17)16-2-4-22-19(8-16)29-23(34)14-38-22/h2-8,15,17,21,27,33H,9-14H2,1H3,(H,29,34)/t15?,17-,21?/m1/s1. The fraction of sp³-hybridized carbons (Fsp3) is 0.385. The maximum absolute atomic E-state index is 12.6. The lowest BCUT2D eigenvalue weighted by Gasteiger charge is -2.20. The average molecular weight is 537 g/mol. The van der Waals surface area contributed by atoms with Crippen LogP contribution in [0.1, 0.15) is 0 Å². The van der Waals surface area contributed by atoms with Gasteiger partial charge >= 0.3 is 6.09 Å². The van der Waals surface area contributed by atoms with E-state index >= 15 is 0 Å². The summed E-state index contributed by atoms with van der Waals surface area (Å²) in [6.07, 6.45) is 0.505. The molecule has 1 aromatic carbocycles. The molecule has 5 heterocycles. The van der Waals surface area contributed by atoms with Crippen molar-refractivity contribution >= 4 is 51.9 Å². The first-order valence-electron chi connectivity index (χ1n) is 12.5. The largest absolute Gasteiger partial charge is 0.481 e. The van der Waals surface area contributed by atoms with Crippen LogP contribution in [0.5, 0.6) is 5.88 Å². The summed E-state index contributed by atoms with van der Waals surface area (Å²) in [5, 5.41) is 17.0. The number of cyclic esters (lactones) is 1. The van der Waals surface area contributed by atoms with Crippen LogP contribution in [0.2, 0.25) is 0 Å². The molecule has 3 aromatic rings. The number of nitrogens with zero attached hydrogens (tertiary/aromatic N) is 4. The highest BCUT2D eigenvalue weighted by Crippen LogP contribution is 2.35. The summed E-state index contributed by atoms with van der Waals surface area (Å²) in [4.78, 5) is 37.9. The maximum atomic E-state index is 12.6. The second-order valence-corrected chi connectivity index (χ2v) is 10.6. The third-order valence-corrected chi connectivity index (χ3v) is 8.13. The molecule has 3 aliphatic heterocycles. The Balaban J connectivity index is 1.05. The van der Waals surface area contributed by atoms with Crippen LogP contribution < -0.4 is 25.2 Å². The van der Waals surface area contributed by atoms with Gasteiger partial charge < -0.3 is 30.1 Å². The van der Waals surface area contributed by atoms with Gasteiger partial charge in [0.05, 0.1) is 42.4 Å². The third-order valence-electron chi connectivity index (χ3n) is 7.05. The Bertz CT molecular complexity index is 1390. The Morgan fingerprint density at radius 3 is 2.95 bits per heavy atom. The molecular formula is C26H28N6O5S. The number of aliphatic hydroxyl groups excluding tert-OH is 1. The number of β-amino-alcohol motifs (C(OH)–C–C–N with tert-alkyl or cyclic N) is 1. The summed E-state index contributed by atoms with van der Waals surface area (Å²) in [6.45, 7) is 2.60. The summed E-state index contributed by atoms with van der Waals surface area (Å²) >= 11 is 1.48. The van der Waals surface area contributed by atoms with E-state index in [0.29, 0.717) is 55.7 Å². The van der Waals surface area contributed by atoms with Crippen molar-refractivity contribution in [1.29, 1.82) is 0 Å².